The average molecular weight is 453 g/mol. The number of benzene rings is 2. The summed E-state index contributed by atoms with van der Waals surface area (Å²) in [5, 5.41) is 0.217. The van der Waals surface area contributed by atoms with Gasteiger partial charge in [-0.1, -0.05) is 29.8 Å². The fourth-order valence-electron chi connectivity index (χ4n) is 2.78. The molecule has 0 aliphatic heterocycles. The molecule has 0 aliphatic rings. The standard InChI is InChI=1S/C22H29ClN2O4S/c1-16(2)25(5)30(27,28)18-11-12-20(23)19(15-18)22(26)24(4)13-8-14-29-21-10-7-6-9-17(21)3/h6-7,9-12,15-16H,8,13-14H2,1-5H3. The number of nitrogens with zero attached hydrogens (tertiary/aromatic N) is 2. The van der Waals surface area contributed by atoms with Gasteiger partial charge in [0.2, 0.25) is 10.0 Å². The van der Waals surface area contributed by atoms with Crippen molar-refractivity contribution in [3.05, 3.63) is 58.6 Å². The van der Waals surface area contributed by atoms with Crippen LogP contribution in [0.25, 0.3) is 0 Å². The Morgan fingerprint density at radius 2 is 1.80 bits per heavy atom. The van der Waals surface area contributed by atoms with Gasteiger partial charge in [-0.25, -0.2) is 8.42 Å². The van der Waals surface area contributed by atoms with Crippen molar-refractivity contribution in [2.75, 3.05) is 27.2 Å². The third-order valence-electron chi connectivity index (χ3n) is 4.91. The first-order valence-electron chi connectivity index (χ1n) is 9.77. The maximum absolute atomic E-state index is 12.9. The second-order valence-corrected chi connectivity index (χ2v) is 9.86. The SMILES string of the molecule is Cc1ccccc1OCCCN(C)C(=O)c1cc(S(=O)(=O)N(C)C(C)C)ccc1Cl. The summed E-state index contributed by atoms with van der Waals surface area (Å²) in [6, 6.07) is 11.8. The Kier molecular flexibility index (Phi) is 8.29. The molecule has 0 saturated carbocycles. The van der Waals surface area contributed by atoms with Gasteiger partial charge in [0, 0.05) is 26.7 Å². The van der Waals surface area contributed by atoms with Crippen LogP contribution >= 0.6 is 11.6 Å². The number of sulfonamides is 1. The molecule has 2 aromatic carbocycles. The smallest absolute Gasteiger partial charge is 0.255 e. The van der Waals surface area contributed by atoms with Gasteiger partial charge in [-0.05, 0) is 57.0 Å². The number of carbonyl (C=O) groups is 1. The average Bonchev–Trinajstić information content (AvgIpc) is 2.71. The molecular weight excluding hydrogens is 424 g/mol. The van der Waals surface area contributed by atoms with E-state index in [-0.39, 0.29) is 27.4 Å². The van der Waals surface area contributed by atoms with E-state index >= 15 is 0 Å². The van der Waals surface area contributed by atoms with Gasteiger partial charge in [0.1, 0.15) is 5.75 Å². The van der Waals surface area contributed by atoms with Crippen LogP contribution in [0, 0.1) is 6.92 Å². The Morgan fingerprint density at radius 3 is 2.43 bits per heavy atom. The molecule has 0 radical (unpaired) electrons. The Morgan fingerprint density at radius 1 is 1.13 bits per heavy atom. The van der Waals surface area contributed by atoms with Crippen LogP contribution in [-0.4, -0.2) is 56.8 Å². The van der Waals surface area contributed by atoms with E-state index in [0.717, 1.165) is 11.3 Å². The minimum Gasteiger partial charge on any atom is -0.493 e. The van der Waals surface area contributed by atoms with Crippen molar-refractivity contribution < 1.29 is 17.9 Å². The lowest BCUT2D eigenvalue weighted by Crippen LogP contribution is -2.33. The second-order valence-electron chi connectivity index (χ2n) is 7.45. The monoisotopic (exact) mass is 452 g/mol. The van der Waals surface area contributed by atoms with Crippen LogP contribution in [0.4, 0.5) is 0 Å². The van der Waals surface area contributed by atoms with Crippen molar-refractivity contribution in [3.63, 3.8) is 0 Å². The van der Waals surface area contributed by atoms with E-state index in [1.54, 1.807) is 20.9 Å². The number of hydrogen-bond donors (Lipinski definition) is 0. The van der Waals surface area contributed by atoms with Gasteiger partial charge in [-0.15, -0.1) is 0 Å². The molecule has 0 spiro atoms. The van der Waals surface area contributed by atoms with Crippen LogP contribution in [0.2, 0.25) is 5.02 Å². The summed E-state index contributed by atoms with van der Waals surface area (Å²) in [5.41, 5.74) is 1.22. The molecular formula is C22H29ClN2O4S. The molecule has 1 amide bonds. The molecule has 0 N–H and O–H groups in total. The van der Waals surface area contributed by atoms with Crippen molar-refractivity contribution in [3.8, 4) is 5.75 Å². The van der Waals surface area contributed by atoms with Crippen molar-refractivity contribution in [2.45, 2.75) is 38.1 Å². The fourth-order valence-corrected chi connectivity index (χ4v) is 4.37. The maximum atomic E-state index is 12.9. The highest BCUT2D eigenvalue weighted by Crippen LogP contribution is 2.24. The minimum absolute atomic E-state index is 0.0442. The Labute approximate surface area is 184 Å². The zero-order valence-corrected chi connectivity index (χ0v) is 19.6. The molecule has 0 atom stereocenters. The number of hydrogen-bond acceptors (Lipinski definition) is 4. The molecule has 0 bridgehead atoms. The second kappa shape index (κ2) is 10.3. The molecule has 0 aromatic heterocycles. The molecule has 0 unspecified atom stereocenters. The zero-order valence-electron chi connectivity index (χ0n) is 18.1. The normalized spacial score (nSPS) is 11.7. The minimum atomic E-state index is -3.71. The lowest BCUT2D eigenvalue weighted by molar-refractivity contribution is 0.0787. The lowest BCUT2D eigenvalue weighted by atomic mass is 10.2. The van der Waals surface area contributed by atoms with Crippen molar-refractivity contribution >= 4 is 27.5 Å². The summed E-state index contributed by atoms with van der Waals surface area (Å²) in [6.07, 6.45) is 0.627. The van der Waals surface area contributed by atoms with E-state index in [9.17, 15) is 13.2 Å². The molecule has 30 heavy (non-hydrogen) atoms. The van der Waals surface area contributed by atoms with Crippen LogP contribution in [-0.2, 0) is 10.0 Å². The third-order valence-corrected chi connectivity index (χ3v) is 7.27. The largest absolute Gasteiger partial charge is 0.493 e. The van der Waals surface area contributed by atoms with E-state index in [0.29, 0.717) is 19.6 Å². The molecule has 6 nitrogen and oxygen atoms in total. The molecule has 0 heterocycles. The molecule has 2 rings (SSSR count). The highest BCUT2D eigenvalue weighted by molar-refractivity contribution is 7.89. The van der Waals surface area contributed by atoms with E-state index in [4.69, 9.17) is 16.3 Å². The summed E-state index contributed by atoms with van der Waals surface area (Å²) in [5.74, 6) is 0.488. The number of rotatable bonds is 9. The topological polar surface area (TPSA) is 66.9 Å². The number of amides is 1. The van der Waals surface area contributed by atoms with E-state index in [1.807, 2.05) is 31.2 Å². The quantitative estimate of drug-likeness (QED) is 0.534. The molecule has 0 aliphatic carbocycles. The van der Waals surface area contributed by atoms with Gasteiger partial charge in [-0.3, -0.25) is 4.79 Å². The van der Waals surface area contributed by atoms with Crippen LogP contribution in [0.15, 0.2) is 47.4 Å². The Hall–Kier alpha value is -2.09. The van der Waals surface area contributed by atoms with Crippen LogP contribution < -0.4 is 4.74 Å². The van der Waals surface area contributed by atoms with Gasteiger partial charge < -0.3 is 9.64 Å². The summed E-state index contributed by atoms with van der Waals surface area (Å²) in [4.78, 5) is 14.4. The molecule has 164 valence electrons. The Balaban J connectivity index is 2.06. The lowest BCUT2D eigenvalue weighted by Gasteiger charge is -2.22. The third kappa shape index (κ3) is 5.74. The summed E-state index contributed by atoms with van der Waals surface area (Å²) in [7, 11) is -0.537. The number of ether oxygens (including phenoxy) is 1. The Bertz CT molecular complexity index is 992. The first-order chi connectivity index (χ1) is 14.1. The number of aryl methyl sites for hydroxylation is 1. The van der Waals surface area contributed by atoms with Gasteiger partial charge in [0.15, 0.2) is 0 Å². The van der Waals surface area contributed by atoms with Crippen LogP contribution in [0.5, 0.6) is 5.75 Å². The highest BCUT2D eigenvalue weighted by atomic mass is 35.5. The van der Waals surface area contributed by atoms with Gasteiger partial charge in [0.25, 0.3) is 5.91 Å². The van der Waals surface area contributed by atoms with Crippen LogP contribution in [0.1, 0.15) is 36.2 Å². The van der Waals surface area contributed by atoms with E-state index in [1.165, 1.54) is 34.5 Å². The summed E-state index contributed by atoms with van der Waals surface area (Å²) >= 11 is 6.21. The maximum Gasteiger partial charge on any atom is 0.255 e. The van der Waals surface area contributed by atoms with Crippen molar-refractivity contribution in [2.24, 2.45) is 0 Å². The summed E-state index contributed by atoms with van der Waals surface area (Å²) < 4.78 is 32.5. The summed E-state index contributed by atoms with van der Waals surface area (Å²) in [6.45, 7) is 6.46. The molecule has 8 heteroatoms. The van der Waals surface area contributed by atoms with E-state index in [2.05, 4.69) is 0 Å². The van der Waals surface area contributed by atoms with Crippen molar-refractivity contribution in [1.29, 1.82) is 0 Å². The predicted octanol–water partition coefficient (Wildman–Crippen LogP) is 4.22. The number of halogens is 1. The number of carbonyl (C=O) groups excluding carboxylic acids is 1. The fraction of sp³-hybridized carbons (Fsp3) is 0.409. The van der Waals surface area contributed by atoms with Gasteiger partial charge in [0.05, 0.1) is 22.1 Å². The molecule has 0 saturated heterocycles. The predicted molar refractivity (Wildman–Crippen MR) is 120 cm³/mol. The molecule has 0 fully saturated rings. The number of para-hydroxylation sites is 1. The zero-order chi connectivity index (χ0) is 22.5. The van der Waals surface area contributed by atoms with Gasteiger partial charge >= 0.3 is 0 Å². The van der Waals surface area contributed by atoms with Gasteiger partial charge in [-0.2, -0.15) is 4.31 Å². The van der Waals surface area contributed by atoms with Crippen molar-refractivity contribution in [1.82, 2.24) is 9.21 Å². The molecule has 2 aromatic rings. The van der Waals surface area contributed by atoms with Crippen LogP contribution in [0.3, 0.4) is 0 Å². The highest BCUT2D eigenvalue weighted by Gasteiger charge is 2.25. The van der Waals surface area contributed by atoms with E-state index < -0.39 is 10.0 Å². The first kappa shape index (κ1) is 24.2. The first-order valence-corrected chi connectivity index (χ1v) is 11.6.